The quantitative estimate of drug-likeness (QED) is 0.735. The molecular formula is C21H18N4O. The molecule has 1 saturated carbocycles. The normalized spacial score (nSPS) is 13.2. The Balaban J connectivity index is 1.38. The Morgan fingerprint density at radius 1 is 1.12 bits per heavy atom. The van der Waals surface area contributed by atoms with Crippen molar-refractivity contribution in [2.24, 2.45) is 0 Å². The number of rotatable bonds is 5. The number of carbonyl (C=O) groups excluding carboxylic acids is 1. The molecule has 1 amide bonds. The summed E-state index contributed by atoms with van der Waals surface area (Å²) in [6, 6.07) is 19.4. The Morgan fingerprint density at radius 2 is 1.77 bits per heavy atom. The number of carbonyl (C=O) groups is 1. The van der Waals surface area contributed by atoms with Gasteiger partial charge in [-0.3, -0.25) is 9.89 Å². The van der Waals surface area contributed by atoms with Crippen LogP contribution in [0, 0.1) is 11.3 Å². The predicted octanol–water partition coefficient (Wildman–Crippen LogP) is 4.01. The zero-order valence-corrected chi connectivity index (χ0v) is 14.2. The van der Waals surface area contributed by atoms with Gasteiger partial charge in [-0.15, -0.1) is 0 Å². The maximum Gasteiger partial charge on any atom is 0.229 e. The van der Waals surface area contributed by atoms with Gasteiger partial charge in [0.2, 0.25) is 5.91 Å². The minimum absolute atomic E-state index is 0.0787. The van der Waals surface area contributed by atoms with Crippen molar-refractivity contribution in [1.29, 1.82) is 5.26 Å². The molecule has 0 radical (unpaired) electrons. The zero-order valence-electron chi connectivity index (χ0n) is 14.2. The summed E-state index contributed by atoms with van der Waals surface area (Å²) in [6.07, 6.45) is 2.70. The number of aromatic nitrogens is 2. The van der Waals surface area contributed by atoms with E-state index >= 15 is 0 Å². The minimum atomic E-state index is -0.0787. The van der Waals surface area contributed by atoms with Crippen LogP contribution in [-0.2, 0) is 11.2 Å². The lowest BCUT2D eigenvalue weighted by atomic mass is 10.0. The number of nitrogens with zero attached hydrogens (tertiary/aromatic N) is 2. The lowest BCUT2D eigenvalue weighted by molar-refractivity contribution is -0.115. The fraction of sp³-hybridized carbons (Fsp3) is 0.190. The van der Waals surface area contributed by atoms with Gasteiger partial charge in [0.25, 0.3) is 0 Å². The lowest BCUT2D eigenvalue weighted by Gasteiger charge is -2.05. The first-order valence-electron chi connectivity index (χ1n) is 8.66. The van der Waals surface area contributed by atoms with Gasteiger partial charge in [-0.25, -0.2) is 0 Å². The number of nitrogens with one attached hydrogen (secondary N) is 2. The van der Waals surface area contributed by atoms with Crippen molar-refractivity contribution in [1.82, 2.24) is 10.2 Å². The van der Waals surface area contributed by atoms with Crippen LogP contribution in [0.4, 0.5) is 5.82 Å². The summed E-state index contributed by atoms with van der Waals surface area (Å²) in [7, 11) is 0. The van der Waals surface area contributed by atoms with Gasteiger partial charge < -0.3 is 5.32 Å². The highest BCUT2D eigenvalue weighted by molar-refractivity contribution is 5.91. The number of amides is 1. The van der Waals surface area contributed by atoms with Gasteiger partial charge in [0.15, 0.2) is 5.82 Å². The van der Waals surface area contributed by atoms with Gasteiger partial charge in [0.05, 0.1) is 18.1 Å². The van der Waals surface area contributed by atoms with E-state index in [0.717, 1.165) is 22.4 Å². The first kappa shape index (κ1) is 16.1. The maximum absolute atomic E-state index is 12.2. The molecule has 5 heteroatoms. The highest BCUT2D eigenvalue weighted by Gasteiger charge is 2.25. The summed E-state index contributed by atoms with van der Waals surface area (Å²) in [4.78, 5) is 12.2. The molecule has 0 atom stereocenters. The topological polar surface area (TPSA) is 81.6 Å². The summed E-state index contributed by atoms with van der Waals surface area (Å²) >= 11 is 0. The van der Waals surface area contributed by atoms with E-state index < -0.39 is 0 Å². The van der Waals surface area contributed by atoms with Crippen molar-refractivity contribution >= 4 is 11.7 Å². The van der Waals surface area contributed by atoms with Crippen LogP contribution in [0.2, 0.25) is 0 Å². The second-order valence-electron chi connectivity index (χ2n) is 6.59. The minimum Gasteiger partial charge on any atom is -0.309 e. The van der Waals surface area contributed by atoms with Crippen LogP contribution in [0.15, 0.2) is 54.6 Å². The third-order valence-electron chi connectivity index (χ3n) is 4.55. The molecule has 1 fully saturated rings. The molecule has 1 heterocycles. The summed E-state index contributed by atoms with van der Waals surface area (Å²) in [5.41, 5.74) is 4.79. The Kier molecular flexibility index (Phi) is 4.24. The van der Waals surface area contributed by atoms with Gasteiger partial charge in [0, 0.05) is 17.7 Å². The summed E-state index contributed by atoms with van der Waals surface area (Å²) in [5.74, 6) is 1.10. The van der Waals surface area contributed by atoms with Crippen molar-refractivity contribution in [3.8, 4) is 17.2 Å². The third kappa shape index (κ3) is 3.65. The van der Waals surface area contributed by atoms with Crippen molar-refractivity contribution in [2.45, 2.75) is 25.2 Å². The lowest BCUT2D eigenvalue weighted by Crippen LogP contribution is -2.14. The molecule has 3 aromatic rings. The molecule has 5 nitrogen and oxygen atoms in total. The van der Waals surface area contributed by atoms with Crippen molar-refractivity contribution in [2.75, 3.05) is 5.32 Å². The monoisotopic (exact) mass is 342 g/mol. The van der Waals surface area contributed by atoms with Crippen LogP contribution < -0.4 is 5.32 Å². The SMILES string of the molecule is N#Cc1ccc(-c2ccc(CC(=O)Nc3cc(C4CC4)[nH]n3)cc2)cc1. The van der Waals surface area contributed by atoms with Gasteiger partial charge in [-0.2, -0.15) is 10.4 Å². The fourth-order valence-electron chi connectivity index (χ4n) is 2.93. The first-order valence-corrected chi connectivity index (χ1v) is 8.66. The molecule has 2 N–H and O–H groups in total. The number of H-pyrrole nitrogens is 1. The van der Waals surface area contributed by atoms with E-state index in [1.54, 1.807) is 12.1 Å². The molecule has 128 valence electrons. The largest absolute Gasteiger partial charge is 0.309 e. The van der Waals surface area contributed by atoms with Gasteiger partial charge in [-0.1, -0.05) is 36.4 Å². The standard InChI is InChI=1S/C21H18N4O/c22-13-15-3-7-17(8-4-15)16-5-1-14(2-6-16)11-21(26)23-20-12-19(24-25-20)18-9-10-18/h1-8,12,18H,9-11H2,(H2,23,24,25,26). The van der Waals surface area contributed by atoms with E-state index in [2.05, 4.69) is 21.6 Å². The third-order valence-corrected chi connectivity index (χ3v) is 4.55. The van der Waals surface area contributed by atoms with E-state index in [4.69, 9.17) is 5.26 Å². The molecule has 1 aliphatic rings. The smallest absolute Gasteiger partial charge is 0.229 e. The molecule has 4 rings (SSSR count). The predicted molar refractivity (Wildman–Crippen MR) is 99.5 cm³/mol. The fourth-order valence-corrected chi connectivity index (χ4v) is 2.93. The van der Waals surface area contributed by atoms with E-state index in [1.165, 1.54) is 12.8 Å². The number of hydrogen-bond donors (Lipinski definition) is 2. The molecule has 0 unspecified atom stereocenters. The molecule has 26 heavy (non-hydrogen) atoms. The van der Waals surface area contributed by atoms with E-state index in [-0.39, 0.29) is 5.91 Å². The van der Waals surface area contributed by atoms with Gasteiger partial charge in [-0.05, 0) is 41.7 Å². The number of benzene rings is 2. The van der Waals surface area contributed by atoms with Crippen molar-refractivity contribution in [3.05, 3.63) is 71.4 Å². The molecule has 0 aliphatic heterocycles. The van der Waals surface area contributed by atoms with Crippen LogP contribution in [0.3, 0.4) is 0 Å². The van der Waals surface area contributed by atoms with Crippen LogP contribution >= 0.6 is 0 Å². The van der Waals surface area contributed by atoms with Crippen molar-refractivity contribution < 1.29 is 4.79 Å². The van der Waals surface area contributed by atoms with Crippen LogP contribution in [0.25, 0.3) is 11.1 Å². The molecule has 0 saturated heterocycles. The Hall–Kier alpha value is -3.39. The molecule has 1 aromatic heterocycles. The van der Waals surface area contributed by atoms with Crippen LogP contribution in [-0.4, -0.2) is 16.1 Å². The highest BCUT2D eigenvalue weighted by Crippen LogP contribution is 2.39. The highest BCUT2D eigenvalue weighted by atomic mass is 16.1. The second kappa shape index (κ2) is 6.85. The Bertz CT molecular complexity index is 960. The maximum atomic E-state index is 12.2. The summed E-state index contributed by atoms with van der Waals surface area (Å²) < 4.78 is 0. The Morgan fingerprint density at radius 3 is 2.38 bits per heavy atom. The number of hydrogen-bond acceptors (Lipinski definition) is 3. The average Bonchev–Trinajstić information content (AvgIpc) is 3.42. The molecule has 2 aromatic carbocycles. The molecule has 0 bridgehead atoms. The first-order chi connectivity index (χ1) is 12.7. The van der Waals surface area contributed by atoms with E-state index in [0.29, 0.717) is 23.7 Å². The number of aromatic amines is 1. The average molecular weight is 342 g/mol. The number of nitriles is 1. The second-order valence-corrected chi connectivity index (χ2v) is 6.59. The molecular weight excluding hydrogens is 324 g/mol. The van der Waals surface area contributed by atoms with Crippen LogP contribution in [0.1, 0.15) is 35.6 Å². The van der Waals surface area contributed by atoms with Gasteiger partial charge >= 0.3 is 0 Å². The summed E-state index contributed by atoms with van der Waals surface area (Å²) in [5, 5.41) is 18.8. The zero-order chi connectivity index (χ0) is 17.9. The molecule has 0 spiro atoms. The van der Waals surface area contributed by atoms with E-state index in [9.17, 15) is 4.79 Å². The van der Waals surface area contributed by atoms with E-state index in [1.807, 2.05) is 42.5 Å². The molecule has 1 aliphatic carbocycles. The summed E-state index contributed by atoms with van der Waals surface area (Å²) in [6.45, 7) is 0. The van der Waals surface area contributed by atoms with Crippen LogP contribution in [0.5, 0.6) is 0 Å². The van der Waals surface area contributed by atoms with Gasteiger partial charge in [0.1, 0.15) is 0 Å². The number of anilines is 1. The van der Waals surface area contributed by atoms with Crippen molar-refractivity contribution in [3.63, 3.8) is 0 Å². The Labute approximate surface area is 151 Å².